The molecule has 0 saturated heterocycles. The van der Waals surface area contributed by atoms with Crippen LogP contribution in [0.2, 0.25) is 0 Å². The third-order valence-corrected chi connectivity index (χ3v) is 4.93. The van der Waals surface area contributed by atoms with Crippen LogP contribution in [-0.4, -0.2) is 13.2 Å². The summed E-state index contributed by atoms with van der Waals surface area (Å²) < 4.78 is 7.46. The predicted molar refractivity (Wildman–Crippen MR) is 39.2 cm³/mol. The maximum atomic E-state index is 10.7. The van der Waals surface area contributed by atoms with Crippen LogP contribution in [0.25, 0.3) is 0 Å². The van der Waals surface area contributed by atoms with Gasteiger partial charge < -0.3 is 4.89 Å². The standard InChI is InChI=1S/H6N5OP3/c1-5-8(2)3-7-4-9(5)6/h3,7H,1-2H2. The predicted octanol–water partition coefficient (Wildman–Crippen LogP) is -0.828. The number of nitrogens with zero attached hydrogens (tertiary/aromatic N) is 2. The Balaban J connectivity index is 3.25. The van der Waals surface area contributed by atoms with Crippen molar-refractivity contribution in [2.45, 2.75) is 0 Å². The second-order valence-corrected chi connectivity index (χ2v) is 5.53. The fourth-order valence-corrected chi connectivity index (χ4v) is 3.83. The molecule has 1 rings (SSSR count). The normalized spacial score (nSPS) is 14.6. The fraction of sp³-hybridized carbons (Fsp3) is 0. The highest BCUT2D eigenvalue weighted by atomic mass is 31.2. The number of nitrogen functional groups attached to an aromatic ring is 2. The average molecular weight is 185 g/mol. The lowest BCUT2D eigenvalue weighted by atomic mass is 13.0. The van der Waals surface area contributed by atoms with E-state index >= 15 is 0 Å². The molecule has 0 spiro atoms. The second kappa shape index (κ2) is 2.84. The molecule has 0 aromatic carbocycles. The molecule has 0 aliphatic rings. The van der Waals surface area contributed by atoms with Crippen molar-refractivity contribution in [3.8, 4) is 0 Å². The van der Waals surface area contributed by atoms with Crippen molar-refractivity contribution in [2.75, 3.05) is 11.3 Å². The van der Waals surface area contributed by atoms with E-state index in [1.165, 1.54) is 0 Å². The zero-order valence-corrected chi connectivity index (χ0v) is 7.14. The highest BCUT2D eigenvalue weighted by Crippen LogP contribution is 2.21. The molecular weight excluding hydrogens is 179 g/mol. The van der Waals surface area contributed by atoms with Crippen molar-refractivity contribution in [3.63, 3.8) is 0 Å². The van der Waals surface area contributed by atoms with E-state index in [9.17, 15) is 4.89 Å². The monoisotopic (exact) mass is 185 g/mol. The molecule has 0 radical (unpaired) electrons. The average Bonchev–Trinajstić information content (AvgIpc) is 1.83. The van der Waals surface area contributed by atoms with Crippen LogP contribution in [0.15, 0.2) is 0 Å². The largest absolute Gasteiger partial charge is 0.717 e. The van der Waals surface area contributed by atoms with Crippen molar-refractivity contribution in [1.82, 2.24) is 13.2 Å². The zero-order chi connectivity index (χ0) is 6.85. The lowest BCUT2D eigenvalue weighted by Gasteiger charge is -2.02. The van der Waals surface area contributed by atoms with Crippen LogP contribution in [0.3, 0.4) is 0 Å². The second-order valence-electron chi connectivity index (χ2n) is 1.24. The molecule has 1 aromatic heterocycles. The van der Waals surface area contributed by atoms with E-state index in [2.05, 4.69) is 9.02 Å². The summed E-state index contributed by atoms with van der Waals surface area (Å²) in [5.74, 6) is 5.22. The zero-order valence-electron chi connectivity index (χ0n) is 4.35. The quantitative estimate of drug-likeness (QED) is 0.458. The summed E-state index contributed by atoms with van der Waals surface area (Å²) in [6.45, 7) is 0. The first-order valence-electron chi connectivity index (χ1n) is 2.00. The molecule has 0 saturated carbocycles. The Hall–Kier alpha value is 0.180. The van der Waals surface area contributed by atoms with Crippen LogP contribution in [0.4, 0.5) is 0 Å². The van der Waals surface area contributed by atoms with Gasteiger partial charge in [-0.3, -0.25) is 0 Å². The Kier molecular flexibility index (Phi) is 2.30. The third-order valence-electron chi connectivity index (χ3n) is 0.696. The molecule has 0 aliphatic heterocycles. The Morgan fingerprint density at radius 1 is 1.89 bits per heavy atom. The van der Waals surface area contributed by atoms with E-state index in [1.807, 2.05) is 0 Å². The lowest BCUT2D eigenvalue weighted by molar-refractivity contribution is -0.155. The molecule has 3 atom stereocenters. The minimum absolute atomic E-state index is 0.122. The molecule has 1 aromatic rings. The fourth-order valence-electron chi connectivity index (χ4n) is 0.296. The van der Waals surface area contributed by atoms with Crippen LogP contribution < -0.4 is 16.2 Å². The van der Waals surface area contributed by atoms with Gasteiger partial charge in [-0.15, -0.1) is 4.20 Å². The summed E-state index contributed by atoms with van der Waals surface area (Å²) in [7, 11) is -2.73. The van der Waals surface area contributed by atoms with Gasteiger partial charge in [-0.25, -0.2) is 11.3 Å². The molecule has 0 fully saturated rings. The number of H-pyrrole nitrogens is 1. The van der Waals surface area contributed by atoms with E-state index in [1.54, 1.807) is 0 Å². The Labute approximate surface area is 54.9 Å². The topological polar surface area (TPSA) is 109 Å². The molecule has 3 unspecified atom stereocenters. The molecule has 9 heteroatoms. The molecule has 1 heterocycles. The summed E-state index contributed by atoms with van der Waals surface area (Å²) in [5, 5.41) is 0. The van der Waals surface area contributed by atoms with Gasteiger partial charge in [0.15, 0.2) is 8.51 Å². The van der Waals surface area contributed by atoms with Crippen LogP contribution in [0.5, 0.6) is 0 Å². The van der Waals surface area contributed by atoms with Crippen LogP contribution in [0, 0.1) is 0 Å². The first-order valence-corrected chi connectivity index (χ1v) is 5.47. The van der Waals surface area contributed by atoms with E-state index < -0.39 is 16.1 Å². The van der Waals surface area contributed by atoms with Crippen molar-refractivity contribution in [3.05, 3.63) is 0 Å². The van der Waals surface area contributed by atoms with Gasteiger partial charge in [-0.1, -0.05) is 4.51 Å². The molecule has 6 nitrogen and oxygen atoms in total. The molecule has 52 valence electrons. The molecule has 0 amide bonds. The maximum absolute atomic E-state index is 10.7. The van der Waals surface area contributed by atoms with Gasteiger partial charge in [0.25, 0.3) is 0 Å². The van der Waals surface area contributed by atoms with E-state index in [4.69, 9.17) is 11.3 Å². The van der Waals surface area contributed by atoms with Crippen molar-refractivity contribution < 1.29 is 4.89 Å². The minimum atomic E-state index is -1.75. The number of nitrogens with two attached hydrogens (primary N) is 2. The Morgan fingerprint density at radius 3 is 3.00 bits per heavy atom. The molecule has 0 aliphatic carbocycles. The number of rotatable bonds is 0. The van der Waals surface area contributed by atoms with Gasteiger partial charge in [-0.2, -0.15) is 4.51 Å². The summed E-state index contributed by atoms with van der Waals surface area (Å²) in [4.78, 5) is 10.7. The van der Waals surface area contributed by atoms with Crippen LogP contribution in [0.1, 0.15) is 0 Å². The van der Waals surface area contributed by atoms with Gasteiger partial charge in [0.1, 0.15) is 8.08 Å². The van der Waals surface area contributed by atoms with Gasteiger partial charge >= 0.3 is 0 Å². The van der Waals surface area contributed by atoms with Crippen LogP contribution >= 0.6 is 24.6 Å². The lowest BCUT2D eigenvalue weighted by Crippen LogP contribution is -2.12. The number of aromatic amines is 1. The van der Waals surface area contributed by atoms with Gasteiger partial charge in [0, 0.05) is 0 Å². The van der Waals surface area contributed by atoms with E-state index in [-0.39, 0.29) is 8.51 Å². The highest BCUT2D eigenvalue weighted by molar-refractivity contribution is 7.56. The van der Waals surface area contributed by atoms with Gasteiger partial charge in [0.2, 0.25) is 8.00 Å². The molecule has 0 bridgehead atoms. The summed E-state index contributed by atoms with van der Waals surface area (Å²) >= 11 is 0. The first kappa shape index (κ1) is 7.29. The molecule has 5 N–H and O–H groups in total. The van der Waals surface area contributed by atoms with E-state index in [0.29, 0.717) is 0 Å². The number of aromatic nitrogens is 3. The summed E-state index contributed by atoms with van der Waals surface area (Å²) in [6, 6.07) is 0. The summed E-state index contributed by atoms with van der Waals surface area (Å²) in [5.41, 5.74) is 5.39. The summed E-state index contributed by atoms with van der Waals surface area (Å²) in [6.07, 6.45) is 0. The minimum Gasteiger partial charge on any atom is -0.717 e. The van der Waals surface area contributed by atoms with Crippen molar-refractivity contribution >= 4 is 24.6 Å². The third kappa shape index (κ3) is 1.55. The number of nitrogens with one attached hydrogen (secondary N) is 1. The van der Waals surface area contributed by atoms with Crippen molar-refractivity contribution in [1.29, 1.82) is 0 Å². The van der Waals surface area contributed by atoms with Gasteiger partial charge in [-0.05, 0) is 0 Å². The highest BCUT2D eigenvalue weighted by Gasteiger charge is 1.95. The first-order chi connectivity index (χ1) is 4.22. The smallest absolute Gasteiger partial charge is 0.238 e. The number of hydrogen-bond donors (Lipinski definition) is 3. The molecule has 9 heavy (non-hydrogen) atoms. The van der Waals surface area contributed by atoms with E-state index in [0.717, 1.165) is 4.20 Å². The Bertz CT molecular complexity index is 203. The molecular formula is H6N5OP3. The van der Waals surface area contributed by atoms with Crippen LogP contribution in [-0.2, 0) is 0 Å². The maximum Gasteiger partial charge on any atom is 0.238 e. The van der Waals surface area contributed by atoms with Gasteiger partial charge in [0.05, 0.1) is 0 Å². The van der Waals surface area contributed by atoms with Crippen molar-refractivity contribution in [2.24, 2.45) is 0 Å². The number of hydrogen-bond acceptors (Lipinski definition) is 4. The Morgan fingerprint density at radius 2 is 2.56 bits per heavy atom. The SMILES string of the molecule is Nn1p(N)[nH][pH]n[p+]1[O-].